The molecule has 0 aromatic heterocycles. The number of aliphatic hydroxyl groups excluding tert-OH is 1. The van der Waals surface area contributed by atoms with Crippen molar-refractivity contribution in [3.63, 3.8) is 0 Å². The van der Waals surface area contributed by atoms with Gasteiger partial charge in [-0.25, -0.2) is 8.42 Å². The molecule has 0 aliphatic carbocycles. The summed E-state index contributed by atoms with van der Waals surface area (Å²) in [5.74, 6) is -0.292. The highest BCUT2D eigenvalue weighted by Gasteiger charge is 2.15. The van der Waals surface area contributed by atoms with Gasteiger partial charge in [-0.1, -0.05) is 19.1 Å². The summed E-state index contributed by atoms with van der Waals surface area (Å²) in [5.41, 5.74) is 1.13. The van der Waals surface area contributed by atoms with Crippen LogP contribution < -0.4 is 5.32 Å². The SMILES string of the molecule is CC(CO)C(C)NC(=O)c1ccc(CS(C)(=O)=O)cc1. The van der Waals surface area contributed by atoms with E-state index in [1.165, 1.54) is 6.26 Å². The van der Waals surface area contributed by atoms with Crippen molar-refractivity contribution < 1.29 is 18.3 Å². The molecule has 0 saturated heterocycles. The molecule has 2 N–H and O–H groups in total. The van der Waals surface area contributed by atoms with Crippen molar-refractivity contribution in [2.24, 2.45) is 5.92 Å². The number of hydrogen-bond donors (Lipinski definition) is 2. The first-order valence-corrected chi connectivity index (χ1v) is 8.47. The van der Waals surface area contributed by atoms with Gasteiger partial charge in [0.25, 0.3) is 5.91 Å². The maximum atomic E-state index is 12.0. The normalized spacial score (nSPS) is 14.6. The highest BCUT2D eigenvalue weighted by Crippen LogP contribution is 2.09. The van der Waals surface area contributed by atoms with Gasteiger partial charge in [-0.3, -0.25) is 4.79 Å². The maximum absolute atomic E-state index is 12.0. The minimum Gasteiger partial charge on any atom is -0.396 e. The molecule has 5 nitrogen and oxygen atoms in total. The molecular weight excluding hydrogens is 278 g/mol. The van der Waals surface area contributed by atoms with Crippen LogP contribution in [0.5, 0.6) is 0 Å². The minimum absolute atomic E-state index is 0.00867. The smallest absolute Gasteiger partial charge is 0.251 e. The van der Waals surface area contributed by atoms with Crippen LogP contribution in [-0.2, 0) is 15.6 Å². The second-order valence-electron chi connectivity index (χ2n) is 5.19. The molecular formula is C14H21NO4S. The Morgan fingerprint density at radius 3 is 2.25 bits per heavy atom. The first-order chi connectivity index (χ1) is 9.23. The lowest BCUT2D eigenvalue weighted by Gasteiger charge is -2.19. The third-order valence-corrected chi connectivity index (χ3v) is 4.00. The summed E-state index contributed by atoms with van der Waals surface area (Å²) in [4.78, 5) is 12.0. The standard InChI is InChI=1S/C14H21NO4S/c1-10(8-16)11(2)15-14(17)13-6-4-12(5-7-13)9-20(3,18)19/h4-7,10-11,16H,8-9H2,1-3H3,(H,15,17). The number of aliphatic hydroxyl groups is 1. The number of sulfone groups is 1. The fourth-order valence-corrected chi connectivity index (χ4v) is 2.44. The molecule has 0 heterocycles. The number of amides is 1. The Balaban J connectivity index is 2.71. The van der Waals surface area contributed by atoms with E-state index in [1.807, 2.05) is 13.8 Å². The number of hydrogen-bond acceptors (Lipinski definition) is 4. The first kappa shape index (κ1) is 16.7. The molecule has 0 radical (unpaired) electrons. The predicted octanol–water partition coefficient (Wildman–Crippen LogP) is 0.978. The van der Waals surface area contributed by atoms with Gasteiger partial charge in [-0.2, -0.15) is 0 Å². The summed E-state index contributed by atoms with van der Waals surface area (Å²) < 4.78 is 22.3. The van der Waals surface area contributed by atoms with E-state index in [9.17, 15) is 13.2 Å². The van der Waals surface area contributed by atoms with E-state index in [2.05, 4.69) is 5.32 Å². The second-order valence-corrected chi connectivity index (χ2v) is 7.33. The van der Waals surface area contributed by atoms with Crippen molar-refractivity contribution in [3.05, 3.63) is 35.4 Å². The van der Waals surface area contributed by atoms with Crippen LogP contribution in [0, 0.1) is 5.92 Å². The van der Waals surface area contributed by atoms with Crippen LogP contribution in [-0.4, -0.2) is 38.3 Å². The molecule has 0 bridgehead atoms. The van der Waals surface area contributed by atoms with Crippen LogP contribution in [0.2, 0.25) is 0 Å². The quantitative estimate of drug-likeness (QED) is 0.820. The van der Waals surface area contributed by atoms with Gasteiger partial charge >= 0.3 is 0 Å². The van der Waals surface area contributed by atoms with Gasteiger partial charge in [0.1, 0.15) is 0 Å². The molecule has 1 amide bonds. The summed E-state index contributed by atoms with van der Waals surface area (Å²) >= 11 is 0. The van der Waals surface area contributed by atoms with E-state index < -0.39 is 9.84 Å². The lowest BCUT2D eigenvalue weighted by molar-refractivity contribution is 0.0916. The number of rotatable bonds is 6. The molecule has 112 valence electrons. The summed E-state index contributed by atoms with van der Waals surface area (Å²) in [6, 6.07) is 6.34. The number of nitrogens with one attached hydrogen (secondary N) is 1. The van der Waals surface area contributed by atoms with E-state index in [1.54, 1.807) is 24.3 Å². The largest absolute Gasteiger partial charge is 0.396 e. The molecule has 6 heteroatoms. The summed E-state index contributed by atoms with van der Waals surface area (Å²) in [6.45, 7) is 3.69. The molecule has 0 saturated carbocycles. The topological polar surface area (TPSA) is 83.5 Å². The molecule has 0 fully saturated rings. The Morgan fingerprint density at radius 2 is 1.80 bits per heavy atom. The summed E-state index contributed by atoms with van der Waals surface area (Å²) in [6.07, 6.45) is 1.17. The molecule has 2 unspecified atom stereocenters. The van der Waals surface area contributed by atoms with Crippen molar-refractivity contribution >= 4 is 15.7 Å². The van der Waals surface area contributed by atoms with E-state index in [-0.39, 0.29) is 30.2 Å². The average Bonchev–Trinajstić information content (AvgIpc) is 2.36. The lowest BCUT2D eigenvalue weighted by atomic mass is 10.0. The second kappa shape index (κ2) is 6.85. The zero-order chi connectivity index (χ0) is 15.3. The van der Waals surface area contributed by atoms with Crippen molar-refractivity contribution in [1.29, 1.82) is 0 Å². The molecule has 1 aromatic rings. The van der Waals surface area contributed by atoms with Crippen LogP contribution in [0.4, 0.5) is 0 Å². The molecule has 20 heavy (non-hydrogen) atoms. The Kier molecular flexibility index (Phi) is 5.71. The Labute approximate surface area is 119 Å². The highest BCUT2D eigenvalue weighted by atomic mass is 32.2. The number of benzene rings is 1. The van der Waals surface area contributed by atoms with Gasteiger partial charge in [0.2, 0.25) is 0 Å². The maximum Gasteiger partial charge on any atom is 0.251 e. The van der Waals surface area contributed by atoms with Crippen LogP contribution in [0.15, 0.2) is 24.3 Å². The van der Waals surface area contributed by atoms with Crippen LogP contribution >= 0.6 is 0 Å². The lowest BCUT2D eigenvalue weighted by Crippen LogP contribution is -2.38. The van der Waals surface area contributed by atoms with Gasteiger partial charge in [-0.15, -0.1) is 0 Å². The van der Waals surface area contributed by atoms with E-state index >= 15 is 0 Å². The Bertz CT molecular complexity index is 551. The molecule has 1 aromatic carbocycles. The van der Waals surface area contributed by atoms with E-state index in [0.717, 1.165) is 0 Å². The number of carbonyl (C=O) groups excluding carboxylic acids is 1. The summed E-state index contributed by atoms with van der Waals surface area (Å²) in [5, 5.41) is 11.8. The first-order valence-electron chi connectivity index (χ1n) is 6.41. The van der Waals surface area contributed by atoms with Crippen molar-refractivity contribution in [1.82, 2.24) is 5.32 Å². The zero-order valence-corrected chi connectivity index (χ0v) is 12.8. The molecule has 0 aliphatic heterocycles. The average molecular weight is 299 g/mol. The predicted molar refractivity (Wildman–Crippen MR) is 78.2 cm³/mol. The Morgan fingerprint density at radius 1 is 1.25 bits per heavy atom. The van der Waals surface area contributed by atoms with Crippen LogP contribution in [0.1, 0.15) is 29.8 Å². The fraction of sp³-hybridized carbons (Fsp3) is 0.500. The van der Waals surface area contributed by atoms with E-state index in [4.69, 9.17) is 5.11 Å². The fourth-order valence-electron chi connectivity index (χ4n) is 1.65. The molecule has 0 aliphatic rings. The Hall–Kier alpha value is -1.40. The molecule has 2 atom stereocenters. The zero-order valence-electron chi connectivity index (χ0n) is 12.0. The van der Waals surface area contributed by atoms with Crippen molar-refractivity contribution in [3.8, 4) is 0 Å². The van der Waals surface area contributed by atoms with Gasteiger partial charge in [0, 0.05) is 24.5 Å². The molecule has 1 rings (SSSR count). The van der Waals surface area contributed by atoms with Gasteiger partial charge in [-0.05, 0) is 30.5 Å². The third-order valence-electron chi connectivity index (χ3n) is 3.15. The van der Waals surface area contributed by atoms with Gasteiger partial charge in [0.05, 0.1) is 5.75 Å². The minimum atomic E-state index is -3.07. The van der Waals surface area contributed by atoms with Gasteiger partial charge < -0.3 is 10.4 Å². The van der Waals surface area contributed by atoms with Crippen molar-refractivity contribution in [2.75, 3.05) is 12.9 Å². The summed E-state index contributed by atoms with van der Waals surface area (Å²) in [7, 11) is -3.07. The van der Waals surface area contributed by atoms with Crippen LogP contribution in [0.3, 0.4) is 0 Å². The highest BCUT2D eigenvalue weighted by molar-refractivity contribution is 7.89. The van der Waals surface area contributed by atoms with Crippen LogP contribution in [0.25, 0.3) is 0 Å². The van der Waals surface area contributed by atoms with Crippen molar-refractivity contribution in [2.45, 2.75) is 25.6 Å². The third kappa shape index (κ3) is 5.30. The van der Waals surface area contributed by atoms with Gasteiger partial charge in [0.15, 0.2) is 9.84 Å². The van der Waals surface area contributed by atoms with E-state index in [0.29, 0.717) is 11.1 Å². The molecule has 0 spiro atoms. The monoisotopic (exact) mass is 299 g/mol. The number of carbonyl (C=O) groups is 1.